The number of nitrogens with one attached hydrogen (secondary N) is 2. The van der Waals surface area contributed by atoms with E-state index in [0.29, 0.717) is 22.6 Å². The van der Waals surface area contributed by atoms with Gasteiger partial charge in [0, 0.05) is 34.4 Å². The molecule has 2 aromatic carbocycles. The molecule has 0 aromatic heterocycles. The van der Waals surface area contributed by atoms with Gasteiger partial charge < -0.3 is 10.6 Å². The summed E-state index contributed by atoms with van der Waals surface area (Å²) in [4.78, 5) is 24.9. The zero-order valence-corrected chi connectivity index (χ0v) is 14.8. The van der Waals surface area contributed by atoms with E-state index < -0.39 is 10.8 Å². The maximum atomic E-state index is 12.5. The molecule has 6 heteroatoms. The molecule has 3 rings (SSSR count). The first-order valence-electron chi connectivity index (χ1n) is 8.13. The number of carbonyl (C=O) groups excluding carboxylic acids is 2. The SMILES string of the molecule is C[S@](=O)Cc1cccc(C(=O)Nc2ccccc2C(=O)NC2CC2)c1. The van der Waals surface area contributed by atoms with Crippen molar-refractivity contribution in [2.24, 2.45) is 0 Å². The van der Waals surface area contributed by atoms with Crippen LogP contribution in [0.5, 0.6) is 0 Å². The number of benzene rings is 2. The minimum Gasteiger partial charge on any atom is -0.349 e. The van der Waals surface area contributed by atoms with Gasteiger partial charge in [-0.1, -0.05) is 24.3 Å². The molecule has 0 radical (unpaired) electrons. The van der Waals surface area contributed by atoms with Gasteiger partial charge in [-0.15, -0.1) is 0 Å². The number of hydrogen-bond donors (Lipinski definition) is 2. The largest absolute Gasteiger partial charge is 0.349 e. The molecule has 1 aliphatic rings. The predicted molar refractivity (Wildman–Crippen MR) is 99.1 cm³/mol. The van der Waals surface area contributed by atoms with Crippen LogP contribution in [0.4, 0.5) is 5.69 Å². The monoisotopic (exact) mass is 356 g/mol. The van der Waals surface area contributed by atoms with Gasteiger partial charge in [0.05, 0.1) is 11.3 Å². The van der Waals surface area contributed by atoms with Crippen LogP contribution in [0.2, 0.25) is 0 Å². The van der Waals surface area contributed by atoms with Gasteiger partial charge in [0.1, 0.15) is 0 Å². The first-order chi connectivity index (χ1) is 12.0. The van der Waals surface area contributed by atoms with E-state index in [2.05, 4.69) is 10.6 Å². The van der Waals surface area contributed by atoms with Crippen LogP contribution in [0.1, 0.15) is 39.1 Å². The molecule has 1 saturated carbocycles. The maximum absolute atomic E-state index is 12.5. The van der Waals surface area contributed by atoms with Gasteiger partial charge in [-0.3, -0.25) is 13.8 Å². The molecule has 1 fully saturated rings. The molecule has 2 N–H and O–H groups in total. The lowest BCUT2D eigenvalue weighted by Crippen LogP contribution is -2.27. The van der Waals surface area contributed by atoms with E-state index in [-0.39, 0.29) is 17.9 Å². The second-order valence-electron chi connectivity index (χ2n) is 6.17. The summed E-state index contributed by atoms with van der Waals surface area (Å²) in [5, 5.41) is 5.74. The molecule has 1 aliphatic carbocycles. The molecule has 0 heterocycles. The highest BCUT2D eigenvalue weighted by molar-refractivity contribution is 7.83. The second-order valence-corrected chi connectivity index (χ2v) is 7.60. The Morgan fingerprint density at radius 3 is 2.56 bits per heavy atom. The van der Waals surface area contributed by atoms with Crippen LogP contribution < -0.4 is 10.6 Å². The molecular formula is C19H20N2O3S. The van der Waals surface area contributed by atoms with E-state index in [9.17, 15) is 13.8 Å². The number of anilines is 1. The van der Waals surface area contributed by atoms with Gasteiger partial charge >= 0.3 is 0 Å². The fraction of sp³-hybridized carbons (Fsp3) is 0.263. The summed E-state index contributed by atoms with van der Waals surface area (Å²) in [6, 6.07) is 14.2. The molecule has 0 unspecified atom stereocenters. The number of hydrogen-bond acceptors (Lipinski definition) is 3. The molecule has 0 aliphatic heterocycles. The van der Waals surface area contributed by atoms with Crippen molar-refractivity contribution in [3.63, 3.8) is 0 Å². The number of carbonyl (C=O) groups is 2. The van der Waals surface area contributed by atoms with Gasteiger partial charge in [-0.2, -0.15) is 0 Å². The van der Waals surface area contributed by atoms with Crippen LogP contribution in [0.3, 0.4) is 0 Å². The Kier molecular flexibility index (Phi) is 5.28. The molecule has 5 nitrogen and oxygen atoms in total. The van der Waals surface area contributed by atoms with Crippen LogP contribution in [-0.4, -0.2) is 28.3 Å². The normalized spacial score (nSPS) is 14.6. The van der Waals surface area contributed by atoms with Crippen molar-refractivity contribution in [1.82, 2.24) is 5.32 Å². The summed E-state index contributed by atoms with van der Waals surface area (Å²) < 4.78 is 11.4. The molecule has 130 valence electrons. The molecule has 0 saturated heterocycles. The lowest BCUT2D eigenvalue weighted by Gasteiger charge is -2.11. The van der Waals surface area contributed by atoms with E-state index in [1.54, 1.807) is 48.7 Å². The lowest BCUT2D eigenvalue weighted by atomic mass is 10.1. The van der Waals surface area contributed by atoms with Crippen molar-refractivity contribution in [2.75, 3.05) is 11.6 Å². The predicted octanol–water partition coefficient (Wildman–Crippen LogP) is 2.71. The molecule has 1 atom stereocenters. The fourth-order valence-electron chi connectivity index (χ4n) is 2.51. The van der Waals surface area contributed by atoms with Crippen molar-refractivity contribution >= 4 is 28.3 Å². The minimum atomic E-state index is -0.970. The Morgan fingerprint density at radius 1 is 1.08 bits per heavy atom. The van der Waals surface area contributed by atoms with E-state index >= 15 is 0 Å². The van der Waals surface area contributed by atoms with Crippen LogP contribution >= 0.6 is 0 Å². The summed E-state index contributed by atoms with van der Waals surface area (Å²) in [6.07, 6.45) is 3.64. The maximum Gasteiger partial charge on any atom is 0.255 e. The first-order valence-corrected chi connectivity index (χ1v) is 9.86. The Balaban J connectivity index is 1.76. The topological polar surface area (TPSA) is 75.3 Å². The van der Waals surface area contributed by atoms with Crippen molar-refractivity contribution in [1.29, 1.82) is 0 Å². The van der Waals surface area contributed by atoms with Gasteiger partial charge in [0.2, 0.25) is 0 Å². The zero-order valence-electron chi connectivity index (χ0n) is 14.0. The first kappa shape index (κ1) is 17.4. The van der Waals surface area contributed by atoms with E-state index in [4.69, 9.17) is 0 Å². The van der Waals surface area contributed by atoms with Gasteiger partial charge in [-0.05, 0) is 42.7 Å². The standard InChI is InChI=1S/C19H20N2O3S/c1-25(24)12-13-5-4-6-14(11-13)18(22)21-17-8-3-2-7-16(17)19(23)20-15-9-10-15/h2-8,11,15H,9-10,12H2,1H3,(H,20,23)(H,21,22)/t25-/m0/s1. The summed E-state index contributed by atoms with van der Waals surface area (Å²) in [7, 11) is -0.970. The molecule has 0 spiro atoms. The highest BCUT2D eigenvalue weighted by atomic mass is 32.2. The van der Waals surface area contributed by atoms with Crippen LogP contribution in [0, 0.1) is 0 Å². The highest BCUT2D eigenvalue weighted by Gasteiger charge is 2.25. The van der Waals surface area contributed by atoms with Gasteiger partial charge in [0.15, 0.2) is 0 Å². The van der Waals surface area contributed by atoms with Crippen LogP contribution in [0.25, 0.3) is 0 Å². The average Bonchev–Trinajstić information content (AvgIpc) is 3.39. The van der Waals surface area contributed by atoms with Crippen molar-refractivity contribution in [3.05, 3.63) is 65.2 Å². The van der Waals surface area contributed by atoms with E-state index in [0.717, 1.165) is 18.4 Å². The van der Waals surface area contributed by atoms with Crippen LogP contribution in [-0.2, 0) is 16.6 Å². The average molecular weight is 356 g/mol. The molecule has 25 heavy (non-hydrogen) atoms. The van der Waals surface area contributed by atoms with E-state index in [1.807, 2.05) is 6.07 Å². The number of rotatable bonds is 6. The Hall–Kier alpha value is -2.47. The quantitative estimate of drug-likeness (QED) is 0.836. The second kappa shape index (κ2) is 7.61. The number of amides is 2. The van der Waals surface area contributed by atoms with Crippen molar-refractivity contribution in [3.8, 4) is 0 Å². The lowest BCUT2D eigenvalue weighted by molar-refractivity contribution is 0.0952. The summed E-state index contributed by atoms with van der Waals surface area (Å²) in [6.45, 7) is 0. The third-order valence-electron chi connectivity index (χ3n) is 3.89. The summed E-state index contributed by atoms with van der Waals surface area (Å²) >= 11 is 0. The smallest absolute Gasteiger partial charge is 0.255 e. The number of para-hydroxylation sites is 1. The van der Waals surface area contributed by atoms with Crippen molar-refractivity contribution < 1.29 is 13.8 Å². The van der Waals surface area contributed by atoms with Gasteiger partial charge in [-0.25, -0.2) is 0 Å². The Morgan fingerprint density at radius 2 is 1.84 bits per heavy atom. The summed E-state index contributed by atoms with van der Waals surface area (Å²) in [5.74, 6) is -0.0643. The van der Waals surface area contributed by atoms with E-state index in [1.165, 1.54) is 0 Å². The zero-order chi connectivity index (χ0) is 17.8. The summed E-state index contributed by atoms with van der Waals surface area (Å²) in [5.41, 5.74) is 2.25. The molecule has 0 bridgehead atoms. The van der Waals surface area contributed by atoms with Crippen molar-refractivity contribution in [2.45, 2.75) is 24.6 Å². The highest BCUT2D eigenvalue weighted by Crippen LogP contribution is 2.22. The third kappa shape index (κ3) is 4.76. The fourth-order valence-corrected chi connectivity index (χ4v) is 3.16. The Labute approximate surface area is 149 Å². The minimum absolute atomic E-state index is 0.173. The van der Waals surface area contributed by atoms with Gasteiger partial charge in [0.25, 0.3) is 11.8 Å². The molecule has 2 aromatic rings. The molecular weight excluding hydrogens is 336 g/mol. The Bertz CT molecular complexity index is 831. The van der Waals surface area contributed by atoms with Crippen LogP contribution in [0.15, 0.2) is 48.5 Å². The third-order valence-corrected chi connectivity index (χ3v) is 4.63. The molecule has 2 amide bonds.